The summed E-state index contributed by atoms with van der Waals surface area (Å²) in [4.78, 5) is 22.6. The van der Waals surface area contributed by atoms with Crippen molar-refractivity contribution in [2.45, 2.75) is 32.1 Å². The second-order valence-electron chi connectivity index (χ2n) is 5.02. The van der Waals surface area contributed by atoms with E-state index in [0.717, 1.165) is 6.07 Å². The first-order valence-electron chi connectivity index (χ1n) is 6.16. The van der Waals surface area contributed by atoms with Crippen molar-refractivity contribution in [3.63, 3.8) is 0 Å². The van der Waals surface area contributed by atoms with Crippen molar-refractivity contribution >= 4 is 22.8 Å². The second kappa shape index (κ2) is 6.83. The molecule has 3 nitrogen and oxygen atoms in total. The number of benzene rings is 1. The van der Waals surface area contributed by atoms with Crippen molar-refractivity contribution < 1.29 is 23.5 Å². The van der Waals surface area contributed by atoms with E-state index in [1.807, 2.05) is 13.8 Å². The zero-order valence-corrected chi connectivity index (χ0v) is 12.3. The molecule has 1 N–H and O–H groups in total. The zero-order valence-electron chi connectivity index (χ0n) is 11.4. The number of thioether (sulfide) groups is 1. The van der Waals surface area contributed by atoms with Crippen LogP contribution in [0.5, 0.6) is 0 Å². The maximum absolute atomic E-state index is 13.6. The number of carboxylic acids is 1. The fourth-order valence-corrected chi connectivity index (χ4v) is 2.63. The largest absolute Gasteiger partial charge is 0.478 e. The Morgan fingerprint density at radius 3 is 2.30 bits per heavy atom. The Balaban J connectivity index is 2.95. The van der Waals surface area contributed by atoms with E-state index in [0.29, 0.717) is 30.2 Å². The number of rotatable bonds is 5. The summed E-state index contributed by atoms with van der Waals surface area (Å²) in [7, 11) is 0. The van der Waals surface area contributed by atoms with Gasteiger partial charge in [0.15, 0.2) is 5.12 Å². The van der Waals surface area contributed by atoms with Gasteiger partial charge in [-0.05, 0) is 30.2 Å². The number of hydrogen-bond donors (Lipinski definition) is 1. The van der Waals surface area contributed by atoms with Gasteiger partial charge in [0.1, 0.15) is 11.6 Å². The third-order valence-corrected chi connectivity index (χ3v) is 3.83. The minimum Gasteiger partial charge on any atom is -0.478 e. The summed E-state index contributed by atoms with van der Waals surface area (Å²) < 4.78 is 26.8. The summed E-state index contributed by atoms with van der Waals surface area (Å²) in [6, 6.07) is 1.35. The van der Waals surface area contributed by atoms with E-state index in [9.17, 15) is 18.4 Å². The van der Waals surface area contributed by atoms with Gasteiger partial charge in [0, 0.05) is 12.0 Å². The highest BCUT2D eigenvalue weighted by Gasteiger charge is 2.21. The van der Waals surface area contributed by atoms with Gasteiger partial charge in [-0.15, -0.1) is 0 Å². The molecule has 0 amide bonds. The predicted octanol–water partition coefficient (Wildman–Crippen LogP) is 3.96. The Hall–Kier alpha value is -1.43. The van der Waals surface area contributed by atoms with Crippen LogP contribution in [0.3, 0.4) is 0 Å². The maximum Gasteiger partial charge on any atom is 0.338 e. The number of hydrogen-bond acceptors (Lipinski definition) is 3. The Morgan fingerprint density at radius 2 is 1.80 bits per heavy atom. The van der Waals surface area contributed by atoms with Crippen LogP contribution in [0.2, 0.25) is 0 Å². The summed E-state index contributed by atoms with van der Waals surface area (Å²) in [5.74, 6) is -3.53. The Kier molecular flexibility index (Phi) is 5.68. The van der Waals surface area contributed by atoms with Crippen molar-refractivity contribution in [3.8, 4) is 0 Å². The standard InChI is InChI=1S/C14H16F2O3S/c1-7(2)4-8(3)14(19)20-12-5-9(13(17)18)10(15)6-11(12)16/h5-8H,4H2,1-3H3,(H,17,18). The molecule has 0 aromatic heterocycles. The van der Waals surface area contributed by atoms with Crippen LogP contribution < -0.4 is 0 Å². The molecule has 0 aliphatic carbocycles. The lowest BCUT2D eigenvalue weighted by Gasteiger charge is -2.12. The SMILES string of the molecule is CC(C)CC(C)C(=O)Sc1cc(C(=O)O)c(F)cc1F. The van der Waals surface area contributed by atoms with Gasteiger partial charge in [-0.3, -0.25) is 4.79 Å². The first kappa shape index (κ1) is 16.6. The van der Waals surface area contributed by atoms with Gasteiger partial charge in [-0.25, -0.2) is 13.6 Å². The van der Waals surface area contributed by atoms with E-state index < -0.39 is 23.2 Å². The topological polar surface area (TPSA) is 54.4 Å². The fraction of sp³-hybridized carbons (Fsp3) is 0.429. The van der Waals surface area contributed by atoms with Crippen LogP contribution in [-0.4, -0.2) is 16.2 Å². The first-order valence-corrected chi connectivity index (χ1v) is 6.98. The van der Waals surface area contributed by atoms with Crippen LogP contribution in [0.1, 0.15) is 37.6 Å². The van der Waals surface area contributed by atoms with Gasteiger partial charge in [0.25, 0.3) is 0 Å². The molecule has 110 valence electrons. The molecule has 0 saturated carbocycles. The van der Waals surface area contributed by atoms with E-state index in [2.05, 4.69) is 0 Å². The van der Waals surface area contributed by atoms with Gasteiger partial charge in [-0.1, -0.05) is 20.8 Å². The normalized spacial score (nSPS) is 12.5. The predicted molar refractivity (Wildman–Crippen MR) is 72.8 cm³/mol. The van der Waals surface area contributed by atoms with E-state index in [4.69, 9.17) is 5.11 Å². The van der Waals surface area contributed by atoms with Crippen molar-refractivity contribution in [1.29, 1.82) is 0 Å². The zero-order chi connectivity index (χ0) is 15.4. The highest BCUT2D eigenvalue weighted by molar-refractivity contribution is 8.13. The summed E-state index contributed by atoms with van der Waals surface area (Å²) in [5.41, 5.74) is -0.641. The highest BCUT2D eigenvalue weighted by atomic mass is 32.2. The molecule has 0 aliphatic heterocycles. The lowest BCUT2D eigenvalue weighted by Crippen LogP contribution is -2.10. The number of carboxylic acid groups (broad SMARTS) is 1. The smallest absolute Gasteiger partial charge is 0.338 e. The molecule has 0 bridgehead atoms. The molecule has 0 fully saturated rings. The summed E-state index contributed by atoms with van der Waals surface area (Å²) in [6.07, 6.45) is 0.653. The monoisotopic (exact) mass is 302 g/mol. The lowest BCUT2D eigenvalue weighted by molar-refractivity contribution is -0.114. The third-order valence-electron chi connectivity index (χ3n) is 2.69. The average molecular weight is 302 g/mol. The number of halogens is 2. The highest BCUT2D eigenvalue weighted by Crippen LogP contribution is 2.29. The lowest BCUT2D eigenvalue weighted by atomic mass is 10.0. The molecule has 0 heterocycles. The molecule has 6 heteroatoms. The summed E-state index contributed by atoms with van der Waals surface area (Å²) in [6.45, 7) is 5.67. The third kappa shape index (κ3) is 4.30. The van der Waals surface area contributed by atoms with E-state index in [-0.39, 0.29) is 15.9 Å². The molecule has 0 spiro atoms. The molecule has 1 unspecified atom stereocenters. The fourth-order valence-electron chi connectivity index (χ4n) is 1.78. The van der Waals surface area contributed by atoms with Gasteiger partial charge < -0.3 is 5.11 Å². The molecular weight excluding hydrogens is 286 g/mol. The Labute approximate surface area is 120 Å². The minimum absolute atomic E-state index is 0.163. The number of carbonyl (C=O) groups excluding carboxylic acids is 1. The number of aromatic carboxylic acids is 1. The van der Waals surface area contributed by atoms with Crippen molar-refractivity contribution in [2.75, 3.05) is 0 Å². The molecule has 0 radical (unpaired) electrons. The van der Waals surface area contributed by atoms with Gasteiger partial charge in [0.05, 0.1) is 10.5 Å². The van der Waals surface area contributed by atoms with Crippen LogP contribution in [0.15, 0.2) is 17.0 Å². The molecule has 1 rings (SSSR count). The molecule has 0 saturated heterocycles. The Morgan fingerprint density at radius 1 is 1.20 bits per heavy atom. The number of carbonyl (C=O) groups is 2. The van der Waals surface area contributed by atoms with Crippen molar-refractivity contribution in [2.24, 2.45) is 11.8 Å². The van der Waals surface area contributed by atoms with Crippen molar-refractivity contribution in [1.82, 2.24) is 0 Å². The van der Waals surface area contributed by atoms with Gasteiger partial charge in [0.2, 0.25) is 0 Å². The van der Waals surface area contributed by atoms with Gasteiger partial charge >= 0.3 is 5.97 Å². The summed E-state index contributed by atoms with van der Waals surface area (Å²) in [5, 5.41) is 8.52. The Bertz CT molecular complexity index is 529. The van der Waals surface area contributed by atoms with E-state index in [1.54, 1.807) is 6.92 Å². The minimum atomic E-state index is -1.49. The van der Waals surface area contributed by atoms with Crippen LogP contribution in [0.4, 0.5) is 8.78 Å². The van der Waals surface area contributed by atoms with Gasteiger partial charge in [-0.2, -0.15) is 0 Å². The van der Waals surface area contributed by atoms with Crippen LogP contribution >= 0.6 is 11.8 Å². The molecular formula is C14H16F2O3S. The first-order chi connectivity index (χ1) is 9.22. The van der Waals surface area contributed by atoms with Crippen LogP contribution in [0.25, 0.3) is 0 Å². The van der Waals surface area contributed by atoms with Crippen molar-refractivity contribution in [3.05, 3.63) is 29.3 Å². The van der Waals surface area contributed by atoms with Crippen LogP contribution in [-0.2, 0) is 4.79 Å². The quantitative estimate of drug-likeness (QED) is 0.836. The molecule has 1 atom stereocenters. The summed E-state index contributed by atoms with van der Waals surface area (Å²) >= 11 is 0.617. The second-order valence-corrected chi connectivity index (χ2v) is 6.07. The molecule has 1 aromatic carbocycles. The van der Waals surface area contributed by atoms with E-state index in [1.165, 1.54) is 0 Å². The average Bonchev–Trinajstić information content (AvgIpc) is 2.30. The molecule has 0 aliphatic rings. The molecule has 1 aromatic rings. The molecule has 20 heavy (non-hydrogen) atoms. The van der Waals surface area contributed by atoms with Crippen LogP contribution in [0, 0.1) is 23.5 Å². The van der Waals surface area contributed by atoms with E-state index >= 15 is 0 Å². The maximum atomic E-state index is 13.6.